The summed E-state index contributed by atoms with van der Waals surface area (Å²) in [6.45, 7) is 8.25. The van der Waals surface area contributed by atoms with Crippen LogP contribution in [0.4, 0.5) is 0 Å². The lowest BCUT2D eigenvalue weighted by Gasteiger charge is -2.46. The van der Waals surface area contributed by atoms with Crippen LogP contribution in [0.1, 0.15) is 142 Å². The van der Waals surface area contributed by atoms with Crippen molar-refractivity contribution in [2.24, 2.45) is 11.7 Å². The van der Waals surface area contributed by atoms with Crippen LogP contribution in [0.3, 0.4) is 0 Å². The number of carbonyl (C=O) groups excluding carboxylic acids is 4. The van der Waals surface area contributed by atoms with Crippen LogP contribution in [-0.2, 0) is 37.6 Å². The first kappa shape index (κ1) is 60.0. The first-order valence-electron chi connectivity index (χ1n) is 27.7. The Labute approximate surface area is 458 Å². The number of benzene rings is 5. The lowest BCUT2D eigenvalue weighted by Crippen LogP contribution is -2.69. The summed E-state index contributed by atoms with van der Waals surface area (Å²) >= 11 is 0. The fourth-order valence-electron chi connectivity index (χ4n) is 10.0. The summed E-state index contributed by atoms with van der Waals surface area (Å²) in [5.41, 5.74) is 8.08. The van der Waals surface area contributed by atoms with Gasteiger partial charge in [0.15, 0.2) is 12.4 Å². The first-order valence-corrected chi connectivity index (χ1v) is 29.6. The van der Waals surface area contributed by atoms with E-state index in [0.717, 1.165) is 29.6 Å². The van der Waals surface area contributed by atoms with Crippen molar-refractivity contribution < 1.29 is 52.0 Å². The predicted octanol–water partition coefficient (Wildman–Crippen LogP) is 11.7. The van der Waals surface area contributed by atoms with Crippen LogP contribution in [0.25, 0.3) is 0 Å². The van der Waals surface area contributed by atoms with Gasteiger partial charge in [-0.3, -0.25) is 4.79 Å². The summed E-state index contributed by atoms with van der Waals surface area (Å²) in [6.07, 6.45) is 12.2. The maximum atomic E-state index is 14.2. The molecule has 0 amide bonds. The Balaban J connectivity index is 1.34. The van der Waals surface area contributed by atoms with E-state index in [0.29, 0.717) is 0 Å². The molecule has 0 bridgehead atoms. The average molecular weight is 1070 g/mol. The Morgan fingerprint density at radius 2 is 1.05 bits per heavy atom. The number of hydrogen-bond acceptors (Lipinski definition) is 12. The van der Waals surface area contributed by atoms with Gasteiger partial charge in [-0.25, -0.2) is 14.4 Å². The number of allylic oxidation sites excluding steroid dienone is 1. The smallest absolute Gasteiger partial charge is 0.338 e. The molecule has 13 heteroatoms. The predicted molar refractivity (Wildman–Crippen MR) is 303 cm³/mol. The van der Waals surface area contributed by atoms with E-state index in [1.165, 1.54) is 64.9 Å². The van der Waals surface area contributed by atoms with E-state index in [4.69, 9.17) is 38.6 Å². The maximum Gasteiger partial charge on any atom is 0.338 e. The van der Waals surface area contributed by atoms with Crippen LogP contribution in [0, 0.1) is 5.92 Å². The number of unbranched alkanes of at least 4 members (excludes halogenated alkanes) is 11. The van der Waals surface area contributed by atoms with Gasteiger partial charge < -0.3 is 38.6 Å². The topological polar surface area (TPSA) is 159 Å². The van der Waals surface area contributed by atoms with Gasteiger partial charge in [-0.15, -0.1) is 0 Å². The van der Waals surface area contributed by atoms with Gasteiger partial charge in [-0.1, -0.05) is 219 Å². The number of esters is 4. The fraction of sp³-hybridized carbons (Fsp3) is 0.438. The van der Waals surface area contributed by atoms with Crippen molar-refractivity contribution >= 4 is 42.6 Å². The average Bonchev–Trinajstić information content (AvgIpc) is 3.45. The molecule has 412 valence electrons. The number of nitrogens with two attached hydrogens (primary N) is 1. The molecule has 5 aromatic rings. The highest BCUT2D eigenvalue weighted by Gasteiger charge is 2.54. The molecule has 0 aromatic heterocycles. The van der Waals surface area contributed by atoms with Crippen molar-refractivity contribution in [1.29, 1.82) is 0 Å². The molecule has 0 radical (unpaired) electrons. The zero-order valence-electron chi connectivity index (χ0n) is 45.8. The fourth-order valence-corrected chi connectivity index (χ4v) is 14.7. The minimum Gasteiger partial charge on any atom is -0.469 e. The second-order valence-electron chi connectivity index (χ2n) is 20.9. The van der Waals surface area contributed by atoms with Crippen LogP contribution < -0.4 is 16.1 Å². The number of ether oxygens (including phenoxy) is 6. The van der Waals surface area contributed by atoms with Gasteiger partial charge in [-0.05, 0) is 64.7 Å². The third-order valence-corrected chi connectivity index (χ3v) is 19.2. The minimum atomic E-state index is -3.20. The molecule has 2 N–H and O–H groups in total. The second kappa shape index (κ2) is 31.2. The molecule has 2 unspecified atom stereocenters. The van der Waals surface area contributed by atoms with Crippen LogP contribution in [0.5, 0.6) is 0 Å². The lowest BCUT2D eigenvalue weighted by atomic mass is 9.85. The molecule has 5 aromatic carbocycles. The zero-order valence-corrected chi connectivity index (χ0v) is 46.8. The maximum absolute atomic E-state index is 14.2. The molecule has 0 aliphatic carbocycles. The number of carbonyl (C=O) groups is 4. The molecule has 0 spiro atoms. The van der Waals surface area contributed by atoms with Gasteiger partial charge in [0.25, 0.3) is 8.32 Å². The molecule has 1 aliphatic heterocycles. The van der Waals surface area contributed by atoms with E-state index in [1.807, 2.05) is 36.4 Å². The van der Waals surface area contributed by atoms with E-state index in [9.17, 15) is 19.2 Å². The second-order valence-corrected chi connectivity index (χ2v) is 25.2. The Morgan fingerprint density at radius 3 is 1.52 bits per heavy atom. The Hall–Kier alpha value is -6.22. The number of hydrogen-bond donors (Lipinski definition) is 1. The SMILES string of the molecule is CCCCCCCCCCCCC/C=C/[C@H](O[Si](c1ccccc1)(c1ccccc1)C(C)(C)C)[C@H](N)CO[C@@H]1OC(COC(=O)c2ccccc2)[C@H](OC(=O)c2ccccc2)C(CC(=O)OC)[C@@H]1OC(=O)c1ccccc1. The van der Waals surface area contributed by atoms with E-state index in [2.05, 4.69) is 64.1 Å². The van der Waals surface area contributed by atoms with Crippen molar-refractivity contribution in [3.05, 3.63) is 181 Å². The Morgan fingerprint density at radius 1 is 0.610 bits per heavy atom. The molecule has 12 nitrogen and oxygen atoms in total. The summed E-state index contributed by atoms with van der Waals surface area (Å²) in [6, 6.07) is 45.0. The molecule has 1 aliphatic rings. The Bertz CT molecular complexity index is 2500. The minimum absolute atomic E-state index is 0.189. The molecular formula is C64H81NO11Si. The van der Waals surface area contributed by atoms with E-state index in [-0.39, 0.29) is 28.3 Å². The van der Waals surface area contributed by atoms with Crippen molar-refractivity contribution in [2.75, 3.05) is 20.3 Å². The molecule has 1 saturated heterocycles. The van der Waals surface area contributed by atoms with Crippen molar-refractivity contribution in [3.63, 3.8) is 0 Å². The van der Waals surface area contributed by atoms with E-state index >= 15 is 0 Å². The third-order valence-electron chi connectivity index (χ3n) is 14.2. The highest BCUT2D eigenvalue weighted by Crippen LogP contribution is 2.39. The quantitative estimate of drug-likeness (QED) is 0.0153. The molecular weight excluding hydrogens is 987 g/mol. The molecule has 7 atom stereocenters. The van der Waals surface area contributed by atoms with Crippen LogP contribution in [0.2, 0.25) is 5.04 Å². The molecule has 1 heterocycles. The van der Waals surface area contributed by atoms with Crippen molar-refractivity contribution in [3.8, 4) is 0 Å². The standard InChI is InChI=1S/C64H81NO11Si/c1-6-7-8-9-10-11-12-13-14-15-16-17-33-44-55(76-77(64(2,3)4,51-40-29-21-30-41-51)52-42-31-22-32-43-52)54(65)46-72-63-59(75-62(69)50-38-27-20-28-39-50)53(45-57(66)70-5)58(74-61(68)49-36-25-19-26-37-49)56(73-63)47-71-60(67)48-34-23-18-24-35-48/h18-44,53-56,58-59,63H,6-17,45-47,65H2,1-5H3/b44-33+/t53?,54-,55+,56?,58-,59+,63-/m1/s1. The zero-order chi connectivity index (χ0) is 54.9. The van der Waals surface area contributed by atoms with Crippen molar-refractivity contribution in [1.82, 2.24) is 0 Å². The summed E-state index contributed by atoms with van der Waals surface area (Å²) in [7, 11) is -1.97. The summed E-state index contributed by atoms with van der Waals surface area (Å²) < 4.78 is 44.8. The number of methoxy groups -OCH3 is 1. The van der Waals surface area contributed by atoms with Crippen LogP contribution in [-0.4, -0.2) is 89.3 Å². The number of rotatable bonds is 30. The van der Waals surface area contributed by atoms with Crippen molar-refractivity contribution in [2.45, 2.75) is 153 Å². The van der Waals surface area contributed by atoms with Crippen LogP contribution >= 0.6 is 0 Å². The monoisotopic (exact) mass is 1070 g/mol. The van der Waals surface area contributed by atoms with E-state index < -0.39 is 87.9 Å². The highest BCUT2D eigenvalue weighted by molar-refractivity contribution is 6.99. The lowest BCUT2D eigenvalue weighted by molar-refractivity contribution is -0.290. The summed E-state index contributed by atoms with van der Waals surface area (Å²) in [5, 5.41) is 1.77. The molecule has 0 saturated carbocycles. The van der Waals surface area contributed by atoms with Crippen LogP contribution in [0.15, 0.2) is 164 Å². The van der Waals surface area contributed by atoms with E-state index in [1.54, 1.807) is 91.0 Å². The summed E-state index contributed by atoms with van der Waals surface area (Å²) in [5.74, 6) is -3.98. The van der Waals surface area contributed by atoms with Gasteiger partial charge in [0.1, 0.15) is 18.8 Å². The molecule has 77 heavy (non-hydrogen) atoms. The largest absolute Gasteiger partial charge is 0.469 e. The van der Waals surface area contributed by atoms with Gasteiger partial charge in [-0.2, -0.15) is 0 Å². The molecule has 1 fully saturated rings. The van der Waals surface area contributed by atoms with Gasteiger partial charge in [0.2, 0.25) is 0 Å². The summed E-state index contributed by atoms with van der Waals surface area (Å²) in [4.78, 5) is 55.2. The third kappa shape index (κ3) is 17.6. The van der Waals surface area contributed by atoms with Gasteiger partial charge in [0, 0.05) is 0 Å². The first-order chi connectivity index (χ1) is 37.4. The Kier molecular flexibility index (Phi) is 24.4. The van der Waals surface area contributed by atoms with Gasteiger partial charge in [0.05, 0.1) is 54.9 Å². The molecule has 6 rings (SSSR count). The highest BCUT2D eigenvalue weighted by atomic mass is 28.4. The normalized spacial score (nSPS) is 18.5. The van der Waals surface area contributed by atoms with Gasteiger partial charge >= 0.3 is 23.9 Å².